The molecule has 0 radical (unpaired) electrons. The average molecular weight is 318 g/mol. The predicted octanol–water partition coefficient (Wildman–Crippen LogP) is 1.70. The zero-order valence-corrected chi connectivity index (χ0v) is 13.1. The molecular formula is C16H18N2O3S. The molecule has 1 saturated heterocycles. The number of amides is 1. The van der Waals surface area contributed by atoms with Gasteiger partial charge in [-0.15, -0.1) is 0 Å². The van der Waals surface area contributed by atoms with Gasteiger partial charge in [-0.05, 0) is 43.2 Å². The first kappa shape index (κ1) is 14.8. The highest BCUT2D eigenvalue weighted by atomic mass is 32.2. The van der Waals surface area contributed by atoms with Crippen molar-refractivity contribution in [2.24, 2.45) is 0 Å². The van der Waals surface area contributed by atoms with Crippen molar-refractivity contribution in [2.45, 2.75) is 19.4 Å². The maximum atomic E-state index is 12.3. The molecule has 2 aromatic rings. The predicted molar refractivity (Wildman–Crippen MR) is 85.0 cm³/mol. The van der Waals surface area contributed by atoms with Crippen molar-refractivity contribution < 1.29 is 13.2 Å². The molecule has 1 aliphatic heterocycles. The lowest BCUT2D eigenvalue weighted by Crippen LogP contribution is -2.35. The van der Waals surface area contributed by atoms with Gasteiger partial charge in [-0.2, -0.15) is 0 Å². The Morgan fingerprint density at radius 3 is 2.64 bits per heavy atom. The summed E-state index contributed by atoms with van der Waals surface area (Å²) in [5.74, 6) is -0.0364. The van der Waals surface area contributed by atoms with Gasteiger partial charge in [0.1, 0.15) is 0 Å². The highest BCUT2D eigenvalue weighted by Gasteiger charge is 2.29. The van der Waals surface area contributed by atoms with E-state index in [-0.39, 0.29) is 23.5 Å². The largest absolute Gasteiger partial charge is 0.348 e. The highest BCUT2D eigenvalue weighted by molar-refractivity contribution is 7.91. The molecule has 1 aromatic carbocycles. The number of aromatic nitrogens is 1. The van der Waals surface area contributed by atoms with Crippen molar-refractivity contribution in [1.82, 2.24) is 9.88 Å². The Bertz CT molecular complexity index is 795. The van der Waals surface area contributed by atoms with E-state index in [4.69, 9.17) is 0 Å². The fourth-order valence-corrected chi connectivity index (χ4v) is 4.37. The number of hydrogen-bond acceptors (Lipinski definition) is 3. The molecule has 6 heteroatoms. The minimum Gasteiger partial charge on any atom is -0.348 e. The van der Waals surface area contributed by atoms with Crippen LogP contribution < -0.4 is 5.32 Å². The van der Waals surface area contributed by atoms with Crippen LogP contribution in [-0.2, 0) is 9.84 Å². The molecule has 2 heterocycles. The van der Waals surface area contributed by atoms with Crippen LogP contribution in [0.3, 0.4) is 0 Å². The molecular weight excluding hydrogens is 300 g/mol. The molecule has 0 spiro atoms. The monoisotopic (exact) mass is 318 g/mol. The van der Waals surface area contributed by atoms with E-state index in [2.05, 4.69) is 5.32 Å². The molecule has 5 nitrogen and oxygen atoms in total. The van der Waals surface area contributed by atoms with E-state index in [0.717, 1.165) is 11.3 Å². The number of rotatable bonds is 3. The zero-order chi connectivity index (χ0) is 15.7. The minimum absolute atomic E-state index is 0.0368. The van der Waals surface area contributed by atoms with Crippen LogP contribution in [0, 0.1) is 6.92 Å². The number of carbonyl (C=O) groups excluding carboxylic acids is 1. The first-order valence-corrected chi connectivity index (χ1v) is 9.02. The lowest BCUT2D eigenvalue weighted by Gasteiger charge is -2.13. The summed E-state index contributed by atoms with van der Waals surface area (Å²) in [5, 5.41) is 2.82. The molecule has 1 N–H and O–H groups in total. The molecule has 3 rings (SSSR count). The van der Waals surface area contributed by atoms with Gasteiger partial charge in [-0.3, -0.25) is 4.79 Å². The van der Waals surface area contributed by atoms with Crippen LogP contribution in [0.5, 0.6) is 0 Å². The van der Waals surface area contributed by atoms with E-state index in [1.165, 1.54) is 0 Å². The average Bonchev–Trinajstić information content (AvgIpc) is 3.09. The summed E-state index contributed by atoms with van der Waals surface area (Å²) in [7, 11) is -2.99. The highest BCUT2D eigenvalue weighted by Crippen LogP contribution is 2.17. The summed E-state index contributed by atoms with van der Waals surface area (Å²) in [6.07, 6.45) is 4.34. The number of hydrogen-bond donors (Lipinski definition) is 1. The van der Waals surface area contributed by atoms with Crippen molar-refractivity contribution in [3.63, 3.8) is 0 Å². The van der Waals surface area contributed by atoms with Gasteiger partial charge in [0.05, 0.1) is 11.5 Å². The molecule has 0 bridgehead atoms. The summed E-state index contributed by atoms with van der Waals surface area (Å²) in [6, 6.07) is 9.06. The van der Waals surface area contributed by atoms with E-state index >= 15 is 0 Å². The van der Waals surface area contributed by atoms with Crippen LogP contribution in [0.1, 0.15) is 22.3 Å². The van der Waals surface area contributed by atoms with Crippen molar-refractivity contribution in [2.75, 3.05) is 11.5 Å². The first-order chi connectivity index (χ1) is 10.4. The van der Waals surface area contributed by atoms with Crippen LogP contribution in [0.2, 0.25) is 0 Å². The van der Waals surface area contributed by atoms with Gasteiger partial charge in [-0.25, -0.2) is 8.42 Å². The minimum atomic E-state index is -2.99. The van der Waals surface area contributed by atoms with Crippen LogP contribution in [0.25, 0.3) is 5.69 Å². The number of nitrogens with one attached hydrogen (secondary N) is 1. The summed E-state index contributed by atoms with van der Waals surface area (Å²) in [6.45, 7) is 1.99. The Morgan fingerprint density at radius 1 is 1.27 bits per heavy atom. The summed E-state index contributed by atoms with van der Waals surface area (Å²) < 4.78 is 24.9. The molecule has 22 heavy (non-hydrogen) atoms. The third kappa shape index (κ3) is 3.06. The molecule has 0 saturated carbocycles. The van der Waals surface area contributed by atoms with E-state index in [9.17, 15) is 13.2 Å². The Hall–Kier alpha value is -2.08. The second-order valence-corrected chi connectivity index (χ2v) is 7.89. The van der Waals surface area contributed by atoms with Crippen LogP contribution in [0.15, 0.2) is 42.7 Å². The number of aryl methyl sites for hydroxylation is 1. The smallest absolute Gasteiger partial charge is 0.251 e. The number of nitrogens with zero attached hydrogens (tertiary/aromatic N) is 1. The van der Waals surface area contributed by atoms with Gasteiger partial charge < -0.3 is 9.88 Å². The molecule has 1 amide bonds. The van der Waals surface area contributed by atoms with Crippen LogP contribution in [0.4, 0.5) is 0 Å². The third-order valence-electron chi connectivity index (χ3n) is 3.92. The van der Waals surface area contributed by atoms with E-state index in [1.807, 2.05) is 48.1 Å². The van der Waals surface area contributed by atoms with Gasteiger partial charge in [0, 0.05) is 29.7 Å². The van der Waals surface area contributed by atoms with Crippen molar-refractivity contribution >= 4 is 15.7 Å². The first-order valence-electron chi connectivity index (χ1n) is 7.20. The quantitative estimate of drug-likeness (QED) is 0.936. The number of benzene rings is 1. The topological polar surface area (TPSA) is 68.2 Å². The summed E-state index contributed by atoms with van der Waals surface area (Å²) >= 11 is 0. The maximum Gasteiger partial charge on any atom is 0.251 e. The van der Waals surface area contributed by atoms with Crippen molar-refractivity contribution in [1.29, 1.82) is 0 Å². The van der Waals surface area contributed by atoms with Gasteiger partial charge in [0.15, 0.2) is 9.84 Å². The zero-order valence-electron chi connectivity index (χ0n) is 12.3. The summed E-state index contributed by atoms with van der Waals surface area (Å²) in [5.41, 5.74) is 2.55. The van der Waals surface area contributed by atoms with E-state index in [1.54, 1.807) is 6.07 Å². The van der Waals surface area contributed by atoms with Gasteiger partial charge in [-0.1, -0.05) is 6.07 Å². The fourth-order valence-electron chi connectivity index (χ4n) is 2.70. The molecule has 1 aliphatic rings. The van der Waals surface area contributed by atoms with Crippen LogP contribution in [-0.4, -0.2) is 36.4 Å². The Balaban J connectivity index is 1.80. The van der Waals surface area contributed by atoms with Gasteiger partial charge in [0.25, 0.3) is 5.91 Å². The molecule has 116 valence electrons. The second-order valence-electron chi connectivity index (χ2n) is 5.66. The lowest BCUT2D eigenvalue weighted by molar-refractivity contribution is 0.0941. The third-order valence-corrected chi connectivity index (χ3v) is 5.69. The lowest BCUT2D eigenvalue weighted by atomic mass is 10.1. The number of carbonyl (C=O) groups is 1. The molecule has 1 atom stereocenters. The Labute approximate surface area is 129 Å². The SMILES string of the molecule is Cc1ccc(C(=O)NC2CCS(=O)(=O)C2)cc1-n1cccc1. The van der Waals surface area contributed by atoms with Gasteiger partial charge in [0.2, 0.25) is 0 Å². The second kappa shape index (κ2) is 5.61. The number of sulfone groups is 1. The molecule has 0 aliphatic carbocycles. The van der Waals surface area contributed by atoms with Crippen molar-refractivity contribution in [3.05, 3.63) is 53.9 Å². The Morgan fingerprint density at radius 2 is 2.00 bits per heavy atom. The fraction of sp³-hybridized carbons (Fsp3) is 0.312. The standard InChI is InChI=1S/C16H18N2O3S/c1-12-4-5-13(10-15(12)18-7-2-3-8-18)16(19)17-14-6-9-22(20,21)11-14/h2-5,7-8,10,14H,6,9,11H2,1H3,(H,17,19). The molecule has 1 fully saturated rings. The van der Waals surface area contributed by atoms with Crippen molar-refractivity contribution in [3.8, 4) is 5.69 Å². The van der Waals surface area contributed by atoms with Gasteiger partial charge >= 0.3 is 0 Å². The maximum absolute atomic E-state index is 12.3. The van der Waals surface area contributed by atoms with Crippen LogP contribution >= 0.6 is 0 Å². The van der Waals surface area contributed by atoms with E-state index in [0.29, 0.717) is 12.0 Å². The Kier molecular flexibility index (Phi) is 3.78. The van der Waals surface area contributed by atoms with E-state index < -0.39 is 9.84 Å². The molecule has 1 aromatic heterocycles. The summed E-state index contributed by atoms with van der Waals surface area (Å²) in [4.78, 5) is 12.3. The molecule has 1 unspecified atom stereocenters. The normalized spacial score (nSPS) is 20.0.